The van der Waals surface area contributed by atoms with E-state index in [1.165, 1.54) is 20.1 Å². The summed E-state index contributed by atoms with van der Waals surface area (Å²) >= 11 is 9.60. The van der Waals surface area contributed by atoms with Crippen LogP contribution in [0.4, 0.5) is 0 Å². The van der Waals surface area contributed by atoms with E-state index in [0.29, 0.717) is 26.6 Å². The molecule has 2 aromatic rings. The van der Waals surface area contributed by atoms with Gasteiger partial charge in [-0.15, -0.1) is 0 Å². The second kappa shape index (κ2) is 10.1. The van der Waals surface area contributed by atoms with Crippen molar-refractivity contribution in [2.24, 2.45) is 0 Å². The van der Waals surface area contributed by atoms with E-state index < -0.39 is 17.9 Å². The maximum atomic E-state index is 11.8. The molecule has 2 rings (SSSR count). The molecule has 2 N–H and O–H groups in total. The topological polar surface area (TPSA) is 84.9 Å². The van der Waals surface area contributed by atoms with Gasteiger partial charge in [0.15, 0.2) is 11.5 Å². The predicted molar refractivity (Wildman–Crippen MR) is 111 cm³/mol. The van der Waals surface area contributed by atoms with E-state index in [4.69, 9.17) is 26.2 Å². The number of hydrogen-bond acceptors (Lipinski definition) is 4. The normalized spacial score (nSPS) is 11.9. The highest BCUT2D eigenvalue weighted by Crippen LogP contribution is 2.37. The van der Waals surface area contributed by atoms with Gasteiger partial charge < -0.3 is 19.9 Å². The van der Waals surface area contributed by atoms with Gasteiger partial charge in [-0.1, -0.05) is 29.8 Å². The van der Waals surface area contributed by atoms with E-state index >= 15 is 0 Å². The molecule has 1 atom stereocenters. The van der Waals surface area contributed by atoms with Crippen LogP contribution in [0.15, 0.2) is 46.9 Å². The van der Waals surface area contributed by atoms with Gasteiger partial charge in [0.1, 0.15) is 12.6 Å². The molecule has 0 bridgehead atoms. The van der Waals surface area contributed by atoms with E-state index in [1.807, 2.05) is 18.2 Å². The van der Waals surface area contributed by atoms with Gasteiger partial charge in [0, 0.05) is 16.7 Å². The summed E-state index contributed by atoms with van der Waals surface area (Å²) in [5, 5.41) is 11.8. The van der Waals surface area contributed by atoms with Crippen molar-refractivity contribution in [2.45, 2.75) is 19.6 Å². The fraction of sp³-hybridized carbons (Fsp3) is 0.200. The molecular weight excluding hydrogens is 450 g/mol. The summed E-state index contributed by atoms with van der Waals surface area (Å²) in [6, 6.07) is 9.87. The van der Waals surface area contributed by atoms with Gasteiger partial charge in [0.25, 0.3) is 0 Å². The van der Waals surface area contributed by atoms with Crippen molar-refractivity contribution in [3.63, 3.8) is 0 Å². The third-order valence-electron chi connectivity index (χ3n) is 3.74. The minimum absolute atomic E-state index is 0.263. The Morgan fingerprint density at radius 3 is 2.68 bits per heavy atom. The van der Waals surface area contributed by atoms with Crippen LogP contribution in [-0.2, 0) is 16.2 Å². The third kappa shape index (κ3) is 6.00. The quantitative estimate of drug-likeness (QED) is 0.565. The Labute approximate surface area is 176 Å². The lowest BCUT2D eigenvalue weighted by Crippen LogP contribution is -2.37. The first-order valence-electron chi connectivity index (χ1n) is 8.27. The van der Waals surface area contributed by atoms with Crippen molar-refractivity contribution in [2.75, 3.05) is 7.11 Å². The van der Waals surface area contributed by atoms with E-state index in [9.17, 15) is 9.59 Å². The summed E-state index contributed by atoms with van der Waals surface area (Å²) in [5.74, 6) is -0.640. The van der Waals surface area contributed by atoms with Crippen LogP contribution in [0.3, 0.4) is 0 Å². The van der Waals surface area contributed by atoms with Crippen LogP contribution < -0.4 is 14.8 Å². The molecule has 0 heterocycles. The number of carboxylic acids is 1. The largest absolute Gasteiger partial charge is 0.493 e. The maximum Gasteiger partial charge on any atom is 0.325 e. The number of benzene rings is 2. The highest BCUT2D eigenvalue weighted by molar-refractivity contribution is 9.10. The van der Waals surface area contributed by atoms with Crippen molar-refractivity contribution in [1.82, 2.24) is 5.32 Å². The number of carbonyl (C=O) groups excluding carboxylic acids is 1. The number of ether oxygens (including phenoxy) is 2. The molecule has 1 amide bonds. The van der Waals surface area contributed by atoms with Crippen molar-refractivity contribution in [1.29, 1.82) is 0 Å². The van der Waals surface area contributed by atoms with Crippen LogP contribution in [0.5, 0.6) is 11.5 Å². The first kappa shape index (κ1) is 21.8. The summed E-state index contributed by atoms with van der Waals surface area (Å²) < 4.78 is 11.9. The SMILES string of the molecule is COc1cc(/C=C/C(=O)N[C@H](C)C(=O)O)cc(Br)c1OCc1ccccc1Cl. The van der Waals surface area contributed by atoms with Crippen LogP contribution >= 0.6 is 27.5 Å². The molecule has 8 heteroatoms. The molecule has 148 valence electrons. The lowest BCUT2D eigenvalue weighted by molar-refractivity contribution is -0.140. The number of aliphatic carboxylic acids is 1. The number of carbonyl (C=O) groups is 2. The highest BCUT2D eigenvalue weighted by atomic mass is 79.9. The van der Waals surface area contributed by atoms with Gasteiger partial charge in [0.2, 0.25) is 5.91 Å². The van der Waals surface area contributed by atoms with Gasteiger partial charge in [0.05, 0.1) is 11.6 Å². The van der Waals surface area contributed by atoms with Crippen molar-refractivity contribution >= 4 is 45.5 Å². The molecule has 0 aliphatic rings. The van der Waals surface area contributed by atoms with Crippen molar-refractivity contribution in [3.8, 4) is 11.5 Å². The van der Waals surface area contributed by atoms with Crippen molar-refractivity contribution < 1.29 is 24.2 Å². The lowest BCUT2D eigenvalue weighted by atomic mass is 10.1. The molecule has 0 radical (unpaired) electrons. The second-order valence-electron chi connectivity index (χ2n) is 5.82. The zero-order chi connectivity index (χ0) is 20.7. The average Bonchev–Trinajstić information content (AvgIpc) is 2.66. The smallest absolute Gasteiger partial charge is 0.325 e. The Bertz CT molecular complexity index is 900. The maximum absolute atomic E-state index is 11.8. The molecule has 2 aromatic carbocycles. The minimum atomic E-state index is -1.11. The minimum Gasteiger partial charge on any atom is -0.493 e. The first-order valence-corrected chi connectivity index (χ1v) is 9.44. The molecule has 0 spiro atoms. The zero-order valence-corrected chi connectivity index (χ0v) is 17.6. The number of methoxy groups -OCH3 is 1. The van der Waals surface area contributed by atoms with Crippen LogP contribution in [0, 0.1) is 0 Å². The number of carboxylic acid groups (broad SMARTS) is 1. The van der Waals surface area contributed by atoms with E-state index in [0.717, 1.165) is 5.56 Å². The Kier molecular flexibility index (Phi) is 7.90. The molecule has 0 unspecified atom stereocenters. The molecule has 0 aromatic heterocycles. The monoisotopic (exact) mass is 467 g/mol. The fourth-order valence-electron chi connectivity index (χ4n) is 2.24. The summed E-state index contributed by atoms with van der Waals surface area (Å²) in [6.07, 6.45) is 2.81. The summed E-state index contributed by atoms with van der Waals surface area (Å²) in [4.78, 5) is 22.6. The number of nitrogens with one attached hydrogen (secondary N) is 1. The second-order valence-corrected chi connectivity index (χ2v) is 7.08. The van der Waals surface area contributed by atoms with Gasteiger partial charge in [-0.05, 0) is 52.7 Å². The van der Waals surface area contributed by atoms with E-state index in [-0.39, 0.29) is 6.61 Å². The molecule has 0 aliphatic heterocycles. The molecule has 0 fully saturated rings. The van der Waals surface area contributed by atoms with Gasteiger partial charge in [-0.3, -0.25) is 9.59 Å². The predicted octanol–water partition coefficient (Wildman–Crippen LogP) is 4.29. The molecule has 0 saturated heterocycles. The number of rotatable bonds is 8. The summed E-state index contributed by atoms with van der Waals surface area (Å²) in [5.41, 5.74) is 1.51. The fourth-order valence-corrected chi connectivity index (χ4v) is 3.00. The summed E-state index contributed by atoms with van der Waals surface area (Å²) in [6.45, 7) is 1.65. The third-order valence-corrected chi connectivity index (χ3v) is 4.70. The number of halogens is 2. The molecule has 6 nitrogen and oxygen atoms in total. The Morgan fingerprint density at radius 2 is 2.04 bits per heavy atom. The van der Waals surface area contributed by atoms with Crippen molar-refractivity contribution in [3.05, 3.63) is 63.1 Å². The zero-order valence-electron chi connectivity index (χ0n) is 15.2. The van der Waals surface area contributed by atoms with Gasteiger partial charge >= 0.3 is 5.97 Å². The van der Waals surface area contributed by atoms with Crippen LogP contribution in [-0.4, -0.2) is 30.1 Å². The van der Waals surface area contributed by atoms with Gasteiger partial charge in [-0.25, -0.2) is 0 Å². The van der Waals surface area contributed by atoms with Crippen LogP contribution in [0.1, 0.15) is 18.1 Å². The van der Waals surface area contributed by atoms with E-state index in [1.54, 1.807) is 24.3 Å². The number of hydrogen-bond donors (Lipinski definition) is 2. The molecule has 0 saturated carbocycles. The highest BCUT2D eigenvalue weighted by Gasteiger charge is 2.14. The van der Waals surface area contributed by atoms with Gasteiger partial charge in [-0.2, -0.15) is 0 Å². The standard InChI is InChI=1S/C20H19BrClNO5/c1-12(20(25)26)23-18(24)8-7-13-9-15(21)19(17(10-13)27-2)28-11-14-5-3-4-6-16(14)22/h3-10,12H,11H2,1-2H3,(H,23,24)(H,25,26)/b8-7+/t12-/m1/s1. The molecular formula is C20H19BrClNO5. The Hall–Kier alpha value is -2.51. The molecule has 0 aliphatic carbocycles. The average molecular weight is 469 g/mol. The lowest BCUT2D eigenvalue weighted by Gasteiger charge is -2.14. The van der Waals surface area contributed by atoms with E-state index in [2.05, 4.69) is 21.2 Å². The van der Waals surface area contributed by atoms with Crippen LogP contribution in [0.2, 0.25) is 5.02 Å². The first-order chi connectivity index (χ1) is 13.3. The summed E-state index contributed by atoms with van der Waals surface area (Å²) in [7, 11) is 1.51. The Morgan fingerprint density at radius 1 is 1.32 bits per heavy atom. The number of amides is 1. The van der Waals surface area contributed by atoms with Crippen LogP contribution in [0.25, 0.3) is 6.08 Å². The molecule has 28 heavy (non-hydrogen) atoms. The Balaban J connectivity index is 2.14.